The largest absolute Gasteiger partial charge is 0.497 e. The second-order valence-electron chi connectivity index (χ2n) is 10.3. The molecule has 224 valence electrons. The standard InChI is InChI=1S/C31H31Cl2N5O4S/c1-20(22-8-6-5-7-9-22)34-31(39)29-26-19-37(43(40,41)36(2)3)18-23(16-21-10-13-25(42-4)14-11-21)30(26)38(35-29)28-15-12-24(32)17-27(28)33/h5-17,20H,18-19H2,1-4H3,(H,34,39)/t20-/m1/s1. The van der Waals surface area contributed by atoms with E-state index in [0.29, 0.717) is 38.3 Å². The monoisotopic (exact) mass is 639 g/mol. The number of amides is 1. The van der Waals surface area contributed by atoms with Crippen LogP contribution in [0, 0.1) is 0 Å². The lowest BCUT2D eigenvalue weighted by atomic mass is 9.98. The van der Waals surface area contributed by atoms with Crippen LogP contribution in [0.1, 0.15) is 45.8 Å². The molecule has 0 unspecified atom stereocenters. The number of hydrogen-bond donors (Lipinski definition) is 1. The Bertz CT molecular complexity index is 1790. The van der Waals surface area contributed by atoms with Crippen molar-refractivity contribution in [2.75, 3.05) is 27.7 Å². The number of aromatic nitrogens is 2. The highest BCUT2D eigenvalue weighted by Crippen LogP contribution is 2.37. The first-order valence-corrected chi connectivity index (χ1v) is 15.6. The maximum Gasteiger partial charge on any atom is 0.282 e. The zero-order chi connectivity index (χ0) is 30.9. The average molecular weight is 641 g/mol. The van der Waals surface area contributed by atoms with Crippen LogP contribution in [0.5, 0.6) is 5.75 Å². The third-order valence-corrected chi connectivity index (χ3v) is 9.58. The van der Waals surface area contributed by atoms with Gasteiger partial charge < -0.3 is 10.1 Å². The summed E-state index contributed by atoms with van der Waals surface area (Å²) in [5.41, 5.74) is 4.00. The van der Waals surface area contributed by atoms with Crippen LogP contribution < -0.4 is 10.1 Å². The van der Waals surface area contributed by atoms with Crippen LogP contribution in [0.15, 0.2) is 72.8 Å². The topological polar surface area (TPSA) is 96.8 Å². The van der Waals surface area contributed by atoms with E-state index in [1.165, 1.54) is 18.4 Å². The Kier molecular flexibility index (Phi) is 8.96. The molecule has 1 N–H and O–H groups in total. The van der Waals surface area contributed by atoms with Crippen LogP contribution in [0.3, 0.4) is 0 Å². The van der Waals surface area contributed by atoms with E-state index in [1.54, 1.807) is 30.0 Å². The molecule has 2 heterocycles. The first-order chi connectivity index (χ1) is 20.5. The third kappa shape index (κ3) is 6.34. The lowest BCUT2D eigenvalue weighted by Crippen LogP contribution is -2.43. The fraction of sp³-hybridized carbons (Fsp3) is 0.226. The van der Waals surface area contributed by atoms with Crippen molar-refractivity contribution in [2.24, 2.45) is 0 Å². The van der Waals surface area contributed by atoms with Gasteiger partial charge in [0.15, 0.2) is 5.69 Å². The van der Waals surface area contributed by atoms with Crippen molar-refractivity contribution in [3.63, 3.8) is 0 Å². The molecular formula is C31H31Cl2N5O4S. The minimum Gasteiger partial charge on any atom is -0.497 e. The van der Waals surface area contributed by atoms with Crippen molar-refractivity contribution < 1.29 is 17.9 Å². The first kappa shape index (κ1) is 30.8. The van der Waals surface area contributed by atoms with Crippen LogP contribution in [0.4, 0.5) is 0 Å². The minimum absolute atomic E-state index is 0.0396. The zero-order valence-corrected chi connectivity index (χ0v) is 26.4. The van der Waals surface area contributed by atoms with E-state index in [2.05, 4.69) is 5.32 Å². The van der Waals surface area contributed by atoms with Crippen molar-refractivity contribution in [1.82, 2.24) is 23.7 Å². The summed E-state index contributed by atoms with van der Waals surface area (Å²) in [6.45, 7) is 1.85. The molecule has 0 saturated heterocycles. The van der Waals surface area contributed by atoms with Gasteiger partial charge in [0.2, 0.25) is 0 Å². The van der Waals surface area contributed by atoms with Crippen molar-refractivity contribution in [1.29, 1.82) is 0 Å². The van der Waals surface area contributed by atoms with Gasteiger partial charge in [0, 0.05) is 37.8 Å². The molecule has 9 nitrogen and oxygen atoms in total. The molecule has 0 spiro atoms. The molecule has 4 aromatic rings. The number of rotatable bonds is 8. The van der Waals surface area contributed by atoms with E-state index in [-0.39, 0.29) is 24.8 Å². The maximum absolute atomic E-state index is 13.9. The number of carbonyl (C=O) groups excluding carboxylic acids is 1. The summed E-state index contributed by atoms with van der Waals surface area (Å²) in [6, 6.07) is 21.6. The van der Waals surface area contributed by atoms with Gasteiger partial charge in [-0.3, -0.25) is 4.79 Å². The molecule has 0 fully saturated rings. The Labute approximate surface area is 261 Å². The molecule has 0 saturated carbocycles. The molecule has 1 aliphatic rings. The van der Waals surface area contributed by atoms with Crippen molar-refractivity contribution in [3.8, 4) is 11.4 Å². The van der Waals surface area contributed by atoms with Gasteiger partial charge in [0.05, 0.1) is 29.6 Å². The summed E-state index contributed by atoms with van der Waals surface area (Å²) in [4.78, 5) is 13.9. The highest BCUT2D eigenvalue weighted by molar-refractivity contribution is 7.86. The summed E-state index contributed by atoms with van der Waals surface area (Å²) in [6.07, 6.45) is 1.88. The summed E-state index contributed by atoms with van der Waals surface area (Å²) < 4.78 is 36.3. The molecule has 0 bridgehead atoms. The third-order valence-electron chi connectivity index (χ3n) is 7.21. The molecule has 1 aromatic heterocycles. The Hall–Kier alpha value is -3.67. The molecule has 0 aliphatic carbocycles. The summed E-state index contributed by atoms with van der Waals surface area (Å²) in [7, 11) is 0.677. The second-order valence-corrected chi connectivity index (χ2v) is 13.3. The van der Waals surface area contributed by atoms with Gasteiger partial charge in [-0.05, 0) is 60.0 Å². The maximum atomic E-state index is 13.9. The predicted octanol–water partition coefficient (Wildman–Crippen LogP) is 5.84. The highest BCUT2D eigenvalue weighted by atomic mass is 35.5. The number of carbonyl (C=O) groups is 1. The van der Waals surface area contributed by atoms with Gasteiger partial charge in [0.1, 0.15) is 5.75 Å². The van der Waals surface area contributed by atoms with Gasteiger partial charge in [-0.2, -0.15) is 22.1 Å². The number of hydrogen-bond acceptors (Lipinski definition) is 5. The van der Waals surface area contributed by atoms with E-state index in [9.17, 15) is 13.2 Å². The van der Waals surface area contributed by atoms with Gasteiger partial charge in [-0.1, -0.05) is 65.7 Å². The minimum atomic E-state index is -3.86. The highest BCUT2D eigenvalue weighted by Gasteiger charge is 2.37. The fourth-order valence-corrected chi connectivity index (χ4v) is 6.48. The van der Waals surface area contributed by atoms with Gasteiger partial charge in [-0.25, -0.2) is 4.68 Å². The zero-order valence-electron chi connectivity index (χ0n) is 24.1. The van der Waals surface area contributed by atoms with Crippen LogP contribution in [0.2, 0.25) is 10.0 Å². The molecule has 43 heavy (non-hydrogen) atoms. The summed E-state index contributed by atoms with van der Waals surface area (Å²) in [5, 5.41) is 8.56. The Morgan fingerprint density at radius 2 is 1.74 bits per heavy atom. The van der Waals surface area contributed by atoms with Gasteiger partial charge in [-0.15, -0.1) is 0 Å². The number of nitrogens with one attached hydrogen (secondary N) is 1. The SMILES string of the molecule is COc1ccc(C=C2CN(S(=O)(=O)N(C)C)Cc3c(C(=O)N[C@H](C)c4ccccc4)nn(-c4ccc(Cl)cc4Cl)c32)cc1. The van der Waals surface area contributed by atoms with Crippen LogP contribution in [-0.4, -0.2) is 60.5 Å². The number of halogens is 2. The van der Waals surface area contributed by atoms with E-state index in [1.807, 2.05) is 67.6 Å². The van der Waals surface area contributed by atoms with E-state index >= 15 is 0 Å². The number of nitrogens with zero attached hydrogens (tertiary/aromatic N) is 4. The van der Waals surface area contributed by atoms with Gasteiger partial charge in [0.25, 0.3) is 16.1 Å². The lowest BCUT2D eigenvalue weighted by molar-refractivity contribution is 0.0933. The Morgan fingerprint density at radius 1 is 1.05 bits per heavy atom. The summed E-state index contributed by atoms with van der Waals surface area (Å²) in [5.74, 6) is 0.247. The van der Waals surface area contributed by atoms with Crippen molar-refractivity contribution >= 4 is 51.0 Å². The summed E-state index contributed by atoms with van der Waals surface area (Å²) >= 11 is 12.9. The van der Waals surface area contributed by atoms with Crippen LogP contribution in [0.25, 0.3) is 17.3 Å². The molecule has 1 atom stereocenters. The van der Waals surface area contributed by atoms with E-state index in [0.717, 1.165) is 15.4 Å². The number of benzene rings is 3. The fourth-order valence-electron chi connectivity index (χ4n) is 4.94. The van der Waals surface area contributed by atoms with E-state index in [4.69, 9.17) is 33.0 Å². The normalized spacial score (nSPS) is 15.4. The number of fused-ring (bicyclic) bond motifs is 1. The molecule has 0 radical (unpaired) electrons. The molecular weight excluding hydrogens is 609 g/mol. The van der Waals surface area contributed by atoms with E-state index < -0.39 is 16.1 Å². The van der Waals surface area contributed by atoms with Crippen molar-refractivity contribution in [3.05, 3.63) is 111 Å². The second kappa shape index (κ2) is 12.5. The number of ether oxygens (including phenoxy) is 1. The van der Waals surface area contributed by atoms with Gasteiger partial charge >= 0.3 is 0 Å². The predicted molar refractivity (Wildman–Crippen MR) is 170 cm³/mol. The van der Waals surface area contributed by atoms with Crippen LogP contribution >= 0.6 is 23.2 Å². The molecule has 12 heteroatoms. The Balaban J connectivity index is 1.71. The Morgan fingerprint density at radius 3 is 2.37 bits per heavy atom. The molecule has 1 aliphatic heterocycles. The molecule has 3 aromatic carbocycles. The molecule has 1 amide bonds. The molecule has 5 rings (SSSR count). The first-order valence-electron chi connectivity index (χ1n) is 13.4. The quantitative estimate of drug-likeness (QED) is 0.261. The smallest absolute Gasteiger partial charge is 0.282 e. The van der Waals surface area contributed by atoms with Crippen molar-refractivity contribution in [2.45, 2.75) is 19.5 Å². The average Bonchev–Trinajstić information content (AvgIpc) is 3.37. The number of methoxy groups -OCH3 is 1. The lowest BCUT2D eigenvalue weighted by Gasteiger charge is -2.31. The van der Waals surface area contributed by atoms with Crippen LogP contribution in [-0.2, 0) is 16.8 Å².